The van der Waals surface area contributed by atoms with Crippen LogP contribution in [0.2, 0.25) is 0 Å². The van der Waals surface area contributed by atoms with Gasteiger partial charge in [0.1, 0.15) is 17.0 Å². The molecule has 0 amide bonds. The Kier molecular flexibility index (Phi) is 2.95. The van der Waals surface area contributed by atoms with E-state index < -0.39 is 0 Å². The number of hydrogen-bond donors (Lipinski definition) is 0. The first-order valence-electron chi connectivity index (χ1n) is 7.72. The summed E-state index contributed by atoms with van der Waals surface area (Å²) in [5.41, 5.74) is 1.55. The molecule has 0 bridgehead atoms. The van der Waals surface area contributed by atoms with Gasteiger partial charge >= 0.3 is 0 Å². The van der Waals surface area contributed by atoms with Crippen molar-refractivity contribution in [1.82, 2.24) is 9.97 Å². The summed E-state index contributed by atoms with van der Waals surface area (Å²) < 4.78 is 0. The fourth-order valence-corrected chi connectivity index (χ4v) is 5.21. The van der Waals surface area contributed by atoms with Gasteiger partial charge in [-0.1, -0.05) is 13.8 Å². The molecule has 4 heteroatoms. The molecule has 1 aliphatic carbocycles. The van der Waals surface area contributed by atoms with Crippen LogP contribution in [0.15, 0.2) is 6.33 Å². The summed E-state index contributed by atoms with van der Waals surface area (Å²) in [7, 11) is 0. The molecular formula is C16H21N3S. The fraction of sp³-hybridized carbons (Fsp3) is 0.625. The lowest BCUT2D eigenvalue weighted by Crippen LogP contribution is -2.39. The molecule has 2 aliphatic rings. The molecule has 0 N–H and O–H groups in total. The molecule has 1 fully saturated rings. The SMILES string of the molecule is C[C@@H]1C[C@@H](C)CN(c2ncnc3sc4c(c23)CCC4)C1. The molecular weight excluding hydrogens is 266 g/mol. The molecule has 0 saturated carbocycles. The molecule has 2 aromatic rings. The van der Waals surface area contributed by atoms with E-state index in [4.69, 9.17) is 0 Å². The summed E-state index contributed by atoms with van der Waals surface area (Å²) in [5, 5.41) is 1.37. The van der Waals surface area contributed by atoms with E-state index in [2.05, 4.69) is 28.7 Å². The highest BCUT2D eigenvalue weighted by Gasteiger charge is 2.27. The monoisotopic (exact) mass is 287 g/mol. The number of rotatable bonds is 1. The second-order valence-electron chi connectivity index (χ2n) is 6.59. The van der Waals surface area contributed by atoms with Gasteiger partial charge in [0.05, 0.1) is 5.39 Å². The zero-order valence-corrected chi connectivity index (χ0v) is 13.0. The lowest BCUT2D eigenvalue weighted by atomic mass is 9.92. The number of aryl methyl sites for hydroxylation is 2. The topological polar surface area (TPSA) is 29.0 Å². The van der Waals surface area contributed by atoms with Crippen LogP contribution in [-0.4, -0.2) is 23.1 Å². The summed E-state index contributed by atoms with van der Waals surface area (Å²) in [5.74, 6) is 2.72. The first-order chi connectivity index (χ1) is 9.72. The number of hydrogen-bond acceptors (Lipinski definition) is 4. The van der Waals surface area contributed by atoms with E-state index in [-0.39, 0.29) is 0 Å². The van der Waals surface area contributed by atoms with E-state index in [0.717, 1.165) is 24.9 Å². The van der Waals surface area contributed by atoms with E-state index in [0.29, 0.717) is 0 Å². The molecule has 1 aliphatic heterocycles. The molecule has 0 spiro atoms. The second-order valence-corrected chi connectivity index (χ2v) is 7.67. The van der Waals surface area contributed by atoms with Gasteiger partial charge in [-0.05, 0) is 43.1 Å². The standard InChI is InChI=1S/C16H21N3S/c1-10-6-11(2)8-19(7-10)15-14-12-4-3-5-13(12)20-16(14)18-9-17-15/h9-11H,3-8H2,1-2H3/t10-,11-/m1/s1. The number of piperidine rings is 1. The van der Waals surface area contributed by atoms with Crippen LogP contribution in [0.3, 0.4) is 0 Å². The Labute approximate surface area is 124 Å². The Morgan fingerprint density at radius 1 is 1.15 bits per heavy atom. The van der Waals surface area contributed by atoms with Gasteiger partial charge in [-0.25, -0.2) is 9.97 Å². The Morgan fingerprint density at radius 3 is 2.75 bits per heavy atom. The van der Waals surface area contributed by atoms with Crippen LogP contribution in [0.25, 0.3) is 10.2 Å². The van der Waals surface area contributed by atoms with Gasteiger partial charge in [0.15, 0.2) is 0 Å². The summed E-state index contributed by atoms with van der Waals surface area (Å²) in [6.07, 6.45) is 6.86. The lowest BCUT2D eigenvalue weighted by molar-refractivity contribution is 0.356. The zero-order chi connectivity index (χ0) is 13.7. The highest BCUT2D eigenvalue weighted by molar-refractivity contribution is 7.19. The Balaban J connectivity index is 1.83. The molecule has 0 unspecified atom stereocenters. The van der Waals surface area contributed by atoms with Gasteiger partial charge in [-0.15, -0.1) is 11.3 Å². The van der Waals surface area contributed by atoms with Crippen molar-refractivity contribution in [1.29, 1.82) is 0 Å². The van der Waals surface area contributed by atoms with E-state index in [9.17, 15) is 0 Å². The molecule has 4 rings (SSSR count). The quantitative estimate of drug-likeness (QED) is 0.801. The molecule has 0 aromatic carbocycles. The third kappa shape index (κ3) is 1.93. The van der Waals surface area contributed by atoms with Gasteiger partial charge in [0, 0.05) is 18.0 Å². The number of aromatic nitrogens is 2. The Bertz CT molecular complexity index is 638. The van der Waals surface area contributed by atoms with Crippen molar-refractivity contribution in [3.63, 3.8) is 0 Å². The average Bonchev–Trinajstić information content (AvgIpc) is 2.96. The number of thiophene rings is 1. The van der Waals surface area contributed by atoms with Gasteiger partial charge in [-0.2, -0.15) is 0 Å². The van der Waals surface area contributed by atoms with E-state index in [1.807, 2.05) is 11.3 Å². The van der Waals surface area contributed by atoms with Crippen LogP contribution in [0, 0.1) is 11.8 Å². The van der Waals surface area contributed by atoms with Crippen molar-refractivity contribution >= 4 is 27.4 Å². The van der Waals surface area contributed by atoms with Gasteiger partial charge in [0.2, 0.25) is 0 Å². The van der Waals surface area contributed by atoms with Crippen molar-refractivity contribution in [2.24, 2.45) is 11.8 Å². The Morgan fingerprint density at radius 2 is 1.95 bits per heavy atom. The maximum absolute atomic E-state index is 4.67. The third-order valence-corrected chi connectivity index (χ3v) is 5.85. The fourth-order valence-electron chi connectivity index (χ4n) is 3.99. The van der Waals surface area contributed by atoms with Crippen LogP contribution in [0.5, 0.6) is 0 Å². The molecule has 2 aromatic heterocycles. The van der Waals surface area contributed by atoms with E-state index in [1.165, 1.54) is 41.7 Å². The molecule has 3 nitrogen and oxygen atoms in total. The smallest absolute Gasteiger partial charge is 0.141 e. The highest BCUT2D eigenvalue weighted by Crippen LogP contribution is 2.41. The predicted molar refractivity (Wildman–Crippen MR) is 84.6 cm³/mol. The summed E-state index contributed by atoms with van der Waals surface area (Å²) >= 11 is 1.89. The number of anilines is 1. The van der Waals surface area contributed by atoms with Crippen LogP contribution >= 0.6 is 11.3 Å². The molecule has 2 atom stereocenters. The first kappa shape index (κ1) is 12.6. The maximum Gasteiger partial charge on any atom is 0.141 e. The van der Waals surface area contributed by atoms with Crippen molar-refractivity contribution < 1.29 is 0 Å². The molecule has 106 valence electrons. The molecule has 20 heavy (non-hydrogen) atoms. The first-order valence-corrected chi connectivity index (χ1v) is 8.54. The minimum absolute atomic E-state index is 0.760. The van der Waals surface area contributed by atoms with Crippen molar-refractivity contribution in [2.45, 2.75) is 39.5 Å². The minimum atomic E-state index is 0.760. The van der Waals surface area contributed by atoms with Crippen LogP contribution in [0.4, 0.5) is 5.82 Å². The highest BCUT2D eigenvalue weighted by atomic mass is 32.1. The molecule has 3 heterocycles. The van der Waals surface area contributed by atoms with Gasteiger partial charge in [-0.3, -0.25) is 0 Å². The summed E-state index contributed by atoms with van der Waals surface area (Å²) in [4.78, 5) is 14.5. The predicted octanol–water partition coefficient (Wildman–Crippen LogP) is 3.66. The van der Waals surface area contributed by atoms with Gasteiger partial charge < -0.3 is 4.90 Å². The van der Waals surface area contributed by atoms with Crippen molar-refractivity contribution in [3.8, 4) is 0 Å². The van der Waals surface area contributed by atoms with Crippen LogP contribution in [-0.2, 0) is 12.8 Å². The summed E-state index contributed by atoms with van der Waals surface area (Å²) in [6.45, 7) is 7.00. The van der Waals surface area contributed by atoms with Crippen LogP contribution < -0.4 is 4.90 Å². The molecule has 1 saturated heterocycles. The zero-order valence-electron chi connectivity index (χ0n) is 12.2. The summed E-state index contributed by atoms with van der Waals surface area (Å²) in [6, 6.07) is 0. The molecule has 0 radical (unpaired) electrons. The second kappa shape index (κ2) is 4.69. The van der Waals surface area contributed by atoms with E-state index in [1.54, 1.807) is 16.8 Å². The Hall–Kier alpha value is -1.16. The lowest BCUT2D eigenvalue weighted by Gasteiger charge is -2.36. The minimum Gasteiger partial charge on any atom is -0.355 e. The van der Waals surface area contributed by atoms with Crippen LogP contribution in [0.1, 0.15) is 37.1 Å². The van der Waals surface area contributed by atoms with Gasteiger partial charge in [0.25, 0.3) is 0 Å². The van der Waals surface area contributed by atoms with Crippen molar-refractivity contribution in [2.75, 3.05) is 18.0 Å². The number of fused-ring (bicyclic) bond motifs is 3. The largest absolute Gasteiger partial charge is 0.355 e. The normalized spacial score (nSPS) is 26.2. The number of nitrogens with zero attached hydrogens (tertiary/aromatic N) is 3. The third-order valence-electron chi connectivity index (χ3n) is 4.65. The average molecular weight is 287 g/mol. The maximum atomic E-state index is 4.67. The van der Waals surface area contributed by atoms with E-state index >= 15 is 0 Å². The van der Waals surface area contributed by atoms with Crippen molar-refractivity contribution in [3.05, 3.63) is 16.8 Å².